The Bertz CT molecular complexity index is 976. The van der Waals surface area contributed by atoms with Gasteiger partial charge in [-0.3, -0.25) is 0 Å². The number of benzene rings is 2. The van der Waals surface area contributed by atoms with Crippen LogP contribution in [0, 0.1) is 0 Å². The Morgan fingerprint density at radius 2 is 1.66 bits per heavy atom. The van der Waals surface area contributed by atoms with E-state index in [1.165, 1.54) is 6.33 Å². The van der Waals surface area contributed by atoms with Gasteiger partial charge in [0.15, 0.2) is 11.6 Å². The third-order valence-corrected chi connectivity index (χ3v) is 3.95. The molecule has 3 aromatic rings. The standard InChI is InChI=1S/C21H23N5O3/c1-3-28-17-10-8-15(9-11-17)25-19-18(22)20(24-13-23-19)26-16-7-5-6-14(12-16)21(27)29-4-2/h5-13H,3-4,22H2,1-2H3,(H2,23,24,25,26). The van der Waals surface area contributed by atoms with E-state index in [-0.39, 0.29) is 5.97 Å². The average Bonchev–Trinajstić information content (AvgIpc) is 2.73. The predicted molar refractivity (Wildman–Crippen MR) is 113 cm³/mol. The van der Waals surface area contributed by atoms with Crippen LogP contribution in [0.1, 0.15) is 24.2 Å². The Morgan fingerprint density at radius 1 is 0.966 bits per heavy atom. The number of ether oxygens (including phenoxy) is 2. The number of hydrogen-bond donors (Lipinski definition) is 3. The van der Waals surface area contributed by atoms with E-state index < -0.39 is 0 Å². The van der Waals surface area contributed by atoms with Crippen LogP contribution in [-0.2, 0) is 4.74 Å². The van der Waals surface area contributed by atoms with Crippen molar-refractivity contribution in [3.05, 3.63) is 60.4 Å². The molecule has 0 aliphatic carbocycles. The second kappa shape index (κ2) is 9.41. The molecule has 29 heavy (non-hydrogen) atoms. The van der Waals surface area contributed by atoms with E-state index in [9.17, 15) is 4.79 Å². The second-order valence-electron chi connectivity index (χ2n) is 5.99. The van der Waals surface area contributed by atoms with Gasteiger partial charge in [0.1, 0.15) is 17.8 Å². The van der Waals surface area contributed by atoms with Crippen molar-refractivity contribution in [3.8, 4) is 5.75 Å². The van der Waals surface area contributed by atoms with Crippen molar-refractivity contribution in [2.75, 3.05) is 29.6 Å². The van der Waals surface area contributed by atoms with Gasteiger partial charge in [0.2, 0.25) is 0 Å². The van der Waals surface area contributed by atoms with Crippen LogP contribution in [-0.4, -0.2) is 29.2 Å². The van der Waals surface area contributed by atoms with Gasteiger partial charge in [0.05, 0.1) is 18.8 Å². The van der Waals surface area contributed by atoms with Crippen LogP contribution < -0.4 is 21.1 Å². The highest BCUT2D eigenvalue weighted by Gasteiger charge is 2.11. The summed E-state index contributed by atoms with van der Waals surface area (Å²) in [7, 11) is 0. The maximum atomic E-state index is 11.9. The maximum Gasteiger partial charge on any atom is 0.338 e. The summed E-state index contributed by atoms with van der Waals surface area (Å²) in [6, 6.07) is 14.4. The number of carbonyl (C=O) groups is 1. The third kappa shape index (κ3) is 5.13. The number of nitrogens with zero attached hydrogens (tertiary/aromatic N) is 2. The molecule has 3 rings (SSSR count). The van der Waals surface area contributed by atoms with Gasteiger partial charge in [-0.25, -0.2) is 14.8 Å². The van der Waals surface area contributed by atoms with E-state index in [0.717, 1.165) is 11.4 Å². The lowest BCUT2D eigenvalue weighted by Gasteiger charge is -2.13. The van der Waals surface area contributed by atoms with Crippen LogP contribution in [0.2, 0.25) is 0 Å². The number of aromatic nitrogens is 2. The number of anilines is 5. The van der Waals surface area contributed by atoms with E-state index in [0.29, 0.717) is 41.8 Å². The highest BCUT2D eigenvalue weighted by molar-refractivity contribution is 5.91. The molecule has 0 saturated heterocycles. The smallest absolute Gasteiger partial charge is 0.338 e. The topological polar surface area (TPSA) is 111 Å². The first kappa shape index (κ1) is 19.9. The van der Waals surface area contributed by atoms with Crippen LogP contribution >= 0.6 is 0 Å². The van der Waals surface area contributed by atoms with Crippen molar-refractivity contribution in [1.82, 2.24) is 9.97 Å². The van der Waals surface area contributed by atoms with Gasteiger partial charge >= 0.3 is 5.97 Å². The number of nitrogens with two attached hydrogens (primary N) is 1. The molecule has 0 bridgehead atoms. The number of esters is 1. The van der Waals surface area contributed by atoms with Gasteiger partial charge in [0.25, 0.3) is 0 Å². The van der Waals surface area contributed by atoms with Gasteiger partial charge in [0, 0.05) is 11.4 Å². The molecular formula is C21H23N5O3. The SMILES string of the molecule is CCOC(=O)c1cccc(Nc2ncnc(Nc3ccc(OCC)cc3)c2N)c1. The predicted octanol–water partition coefficient (Wildman–Crippen LogP) is 4.12. The van der Waals surface area contributed by atoms with Gasteiger partial charge in [-0.1, -0.05) is 6.07 Å². The van der Waals surface area contributed by atoms with Gasteiger partial charge in [-0.2, -0.15) is 0 Å². The molecule has 8 heteroatoms. The Kier molecular flexibility index (Phi) is 6.47. The lowest BCUT2D eigenvalue weighted by molar-refractivity contribution is 0.0526. The van der Waals surface area contributed by atoms with Crippen molar-refractivity contribution in [2.24, 2.45) is 0 Å². The normalized spacial score (nSPS) is 10.3. The number of hydrogen-bond acceptors (Lipinski definition) is 8. The fourth-order valence-electron chi connectivity index (χ4n) is 2.61. The largest absolute Gasteiger partial charge is 0.494 e. The zero-order chi connectivity index (χ0) is 20.6. The molecule has 0 spiro atoms. The number of carbonyl (C=O) groups excluding carboxylic acids is 1. The lowest BCUT2D eigenvalue weighted by Crippen LogP contribution is -2.07. The number of nitrogen functional groups attached to an aromatic ring is 1. The molecule has 8 nitrogen and oxygen atoms in total. The number of nitrogens with one attached hydrogen (secondary N) is 2. The summed E-state index contributed by atoms with van der Waals surface area (Å²) in [5, 5.41) is 6.29. The van der Waals surface area contributed by atoms with Crippen molar-refractivity contribution >= 4 is 34.7 Å². The zero-order valence-corrected chi connectivity index (χ0v) is 16.3. The molecule has 0 amide bonds. The summed E-state index contributed by atoms with van der Waals surface area (Å²) in [6.07, 6.45) is 1.41. The first-order valence-corrected chi connectivity index (χ1v) is 9.25. The number of rotatable bonds is 8. The van der Waals surface area contributed by atoms with Gasteiger partial charge < -0.3 is 25.8 Å². The van der Waals surface area contributed by atoms with Crippen molar-refractivity contribution in [3.63, 3.8) is 0 Å². The van der Waals surface area contributed by atoms with Crippen LogP contribution in [0.15, 0.2) is 54.9 Å². The van der Waals surface area contributed by atoms with Crippen molar-refractivity contribution in [1.29, 1.82) is 0 Å². The summed E-state index contributed by atoms with van der Waals surface area (Å²) in [5.41, 5.74) is 8.50. The summed E-state index contributed by atoms with van der Waals surface area (Å²) in [4.78, 5) is 20.3. The molecule has 2 aromatic carbocycles. The Labute approximate surface area is 169 Å². The molecule has 0 unspecified atom stereocenters. The van der Waals surface area contributed by atoms with Crippen LogP contribution in [0.4, 0.5) is 28.7 Å². The fraction of sp³-hybridized carbons (Fsp3) is 0.190. The first-order chi connectivity index (χ1) is 14.1. The van der Waals surface area contributed by atoms with Gasteiger partial charge in [-0.15, -0.1) is 0 Å². The summed E-state index contributed by atoms with van der Waals surface area (Å²) >= 11 is 0. The van der Waals surface area contributed by atoms with E-state index >= 15 is 0 Å². The van der Waals surface area contributed by atoms with Crippen LogP contribution in [0.25, 0.3) is 0 Å². The molecule has 0 atom stereocenters. The Hall–Kier alpha value is -3.81. The minimum Gasteiger partial charge on any atom is -0.494 e. The summed E-state index contributed by atoms with van der Waals surface area (Å²) < 4.78 is 10.5. The zero-order valence-electron chi connectivity index (χ0n) is 16.3. The Balaban J connectivity index is 1.77. The van der Waals surface area contributed by atoms with E-state index in [1.54, 1.807) is 25.1 Å². The summed E-state index contributed by atoms with van der Waals surface area (Å²) in [5.74, 6) is 1.30. The minimum absolute atomic E-state index is 0.315. The lowest BCUT2D eigenvalue weighted by atomic mass is 10.2. The quantitative estimate of drug-likeness (QED) is 0.490. The molecule has 4 N–H and O–H groups in total. The molecule has 150 valence electrons. The second-order valence-corrected chi connectivity index (χ2v) is 5.99. The molecule has 0 radical (unpaired) electrons. The molecule has 0 aliphatic rings. The molecule has 0 saturated carbocycles. The van der Waals surface area contributed by atoms with E-state index in [1.807, 2.05) is 37.3 Å². The van der Waals surface area contributed by atoms with Crippen LogP contribution in [0.3, 0.4) is 0 Å². The monoisotopic (exact) mass is 393 g/mol. The molecule has 0 aliphatic heterocycles. The minimum atomic E-state index is -0.385. The van der Waals surface area contributed by atoms with Gasteiger partial charge in [-0.05, 0) is 56.3 Å². The molecule has 0 fully saturated rings. The van der Waals surface area contributed by atoms with Crippen molar-refractivity contribution in [2.45, 2.75) is 13.8 Å². The third-order valence-electron chi connectivity index (χ3n) is 3.95. The fourth-order valence-corrected chi connectivity index (χ4v) is 2.61. The van der Waals surface area contributed by atoms with E-state index in [4.69, 9.17) is 15.2 Å². The average molecular weight is 393 g/mol. The molecule has 1 heterocycles. The molecular weight excluding hydrogens is 370 g/mol. The summed E-state index contributed by atoms with van der Waals surface area (Å²) in [6.45, 7) is 4.62. The highest BCUT2D eigenvalue weighted by atomic mass is 16.5. The maximum absolute atomic E-state index is 11.9. The van der Waals surface area contributed by atoms with E-state index in [2.05, 4.69) is 20.6 Å². The van der Waals surface area contributed by atoms with Crippen LogP contribution in [0.5, 0.6) is 5.75 Å². The Morgan fingerprint density at radius 3 is 2.31 bits per heavy atom. The first-order valence-electron chi connectivity index (χ1n) is 9.25. The van der Waals surface area contributed by atoms with Crippen molar-refractivity contribution < 1.29 is 14.3 Å². The highest BCUT2D eigenvalue weighted by Crippen LogP contribution is 2.29. The molecule has 1 aromatic heterocycles.